The Kier molecular flexibility index (Phi) is 5.73. The number of benzene rings is 1. The number of ether oxygens (including phenoxy) is 2. The molecule has 0 amide bonds. The molecule has 5 nitrogen and oxygen atoms in total. The fourth-order valence-corrected chi connectivity index (χ4v) is 2.31. The highest BCUT2D eigenvalue weighted by molar-refractivity contribution is 7.99. The van der Waals surface area contributed by atoms with Crippen molar-refractivity contribution in [3.05, 3.63) is 30.1 Å². The summed E-state index contributed by atoms with van der Waals surface area (Å²) in [6.45, 7) is 2.74. The SMILES string of the molecule is CCc1nc(SCCCOc2ccc(OC)cc2)n[nH]1. The zero-order valence-electron chi connectivity index (χ0n) is 11.8. The van der Waals surface area contributed by atoms with Gasteiger partial charge < -0.3 is 9.47 Å². The molecule has 0 fully saturated rings. The summed E-state index contributed by atoms with van der Waals surface area (Å²) >= 11 is 1.64. The first-order valence-electron chi connectivity index (χ1n) is 6.62. The molecule has 2 rings (SSSR count). The molecular formula is C14H19N3O2S. The highest BCUT2D eigenvalue weighted by Crippen LogP contribution is 2.18. The normalized spacial score (nSPS) is 10.5. The smallest absolute Gasteiger partial charge is 0.208 e. The second-order valence-electron chi connectivity index (χ2n) is 4.14. The lowest BCUT2D eigenvalue weighted by atomic mass is 10.3. The molecule has 108 valence electrons. The summed E-state index contributed by atoms with van der Waals surface area (Å²) in [5, 5.41) is 7.85. The molecule has 1 aromatic carbocycles. The van der Waals surface area contributed by atoms with Crippen LogP contribution in [0.2, 0.25) is 0 Å². The molecule has 0 spiro atoms. The van der Waals surface area contributed by atoms with Crippen molar-refractivity contribution in [3.8, 4) is 11.5 Å². The summed E-state index contributed by atoms with van der Waals surface area (Å²) in [6, 6.07) is 7.61. The third-order valence-corrected chi connectivity index (χ3v) is 3.63. The van der Waals surface area contributed by atoms with Gasteiger partial charge >= 0.3 is 0 Å². The van der Waals surface area contributed by atoms with Gasteiger partial charge in [-0.2, -0.15) is 0 Å². The van der Waals surface area contributed by atoms with Crippen molar-refractivity contribution in [2.45, 2.75) is 24.9 Å². The summed E-state index contributed by atoms with van der Waals surface area (Å²) < 4.78 is 10.7. The average Bonchev–Trinajstić information content (AvgIpc) is 2.95. The molecule has 0 saturated carbocycles. The van der Waals surface area contributed by atoms with E-state index in [2.05, 4.69) is 22.1 Å². The largest absolute Gasteiger partial charge is 0.497 e. The molecule has 0 saturated heterocycles. The second kappa shape index (κ2) is 7.79. The van der Waals surface area contributed by atoms with Gasteiger partial charge in [0.2, 0.25) is 5.16 Å². The lowest BCUT2D eigenvalue weighted by Crippen LogP contribution is -1.98. The first kappa shape index (κ1) is 14.7. The molecule has 1 heterocycles. The van der Waals surface area contributed by atoms with E-state index >= 15 is 0 Å². The zero-order chi connectivity index (χ0) is 14.2. The molecule has 0 aliphatic carbocycles. The number of nitrogens with zero attached hydrogens (tertiary/aromatic N) is 2. The van der Waals surface area contributed by atoms with Crippen molar-refractivity contribution in [2.75, 3.05) is 19.5 Å². The topological polar surface area (TPSA) is 60.0 Å². The molecule has 0 atom stereocenters. The van der Waals surface area contributed by atoms with Gasteiger partial charge in [-0.3, -0.25) is 5.10 Å². The number of hydrogen-bond donors (Lipinski definition) is 1. The Labute approximate surface area is 123 Å². The van der Waals surface area contributed by atoms with Gasteiger partial charge in [-0.15, -0.1) is 5.10 Å². The number of hydrogen-bond acceptors (Lipinski definition) is 5. The summed E-state index contributed by atoms with van der Waals surface area (Å²) in [5.74, 6) is 3.57. The van der Waals surface area contributed by atoms with Crippen LogP contribution in [-0.2, 0) is 6.42 Å². The van der Waals surface area contributed by atoms with E-state index in [-0.39, 0.29) is 0 Å². The third kappa shape index (κ3) is 4.45. The monoisotopic (exact) mass is 293 g/mol. The van der Waals surface area contributed by atoms with Crippen LogP contribution in [0, 0.1) is 0 Å². The molecule has 1 aromatic heterocycles. The van der Waals surface area contributed by atoms with E-state index in [1.165, 1.54) is 0 Å². The van der Waals surface area contributed by atoms with Gasteiger partial charge in [0.1, 0.15) is 17.3 Å². The van der Waals surface area contributed by atoms with Gasteiger partial charge in [0, 0.05) is 12.2 Å². The minimum absolute atomic E-state index is 0.685. The zero-order valence-corrected chi connectivity index (χ0v) is 12.6. The Morgan fingerprint density at radius 2 is 1.95 bits per heavy atom. The maximum absolute atomic E-state index is 5.65. The van der Waals surface area contributed by atoms with Crippen LogP contribution in [0.3, 0.4) is 0 Å². The fourth-order valence-electron chi connectivity index (χ4n) is 1.58. The van der Waals surface area contributed by atoms with Crippen LogP contribution >= 0.6 is 11.8 Å². The number of aryl methyl sites for hydroxylation is 1. The van der Waals surface area contributed by atoms with Gasteiger partial charge in [-0.1, -0.05) is 18.7 Å². The van der Waals surface area contributed by atoms with E-state index in [1.807, 2.05) is 24.3 Å². The van der Waals surface area contributed by atoms with Crippen molar-refractivity contribution in [3.63, 3.8) is 0 Å². The average molecular weight is 293 g/mol. The van der Waals surface area contributed by atoms with E-state index in [0.717, 1.165) is 41.1 Å². The summed E-state index contributed by atoms with van der Waals surface area (Å²) in [7, 11) is 1.65. The van der Waals surface area contributed by atoms with Gasteiger partial charge in [0.25, 0.3) is 0 Å². The first-order valence-corrected chi connectivity index (χ1v) is 7.61. The first-order chi connectivity index (χ1) is 9.81. The third-order valence-electron chi connectivity index (χ3n) is 2.69. The van der Waals surface area contributed by atoms with Crippen molar-refractivity contribution in [1.82, 2.24) is 15.2 Å². The number of rotatable bonds is 8. The van der Waals surface area contributed by atoms with Gasteiger partial charge in [0.05, 0.1) is 13.7 Å². The molecule has 0 aliphatic rings. The molecular weight excluding hydrogens is 274 g/mol. The van der Waals surface area contributed by atoms with E-state index in [9.17, 15) is 0 Å². The number of thioether (sulfide) groups is 1. The fraction of sp³-hybridized carbons (Fsp3) is 0.429. The number of nitrogens with one attached hydrogen (secondary N) is 1. The van der Waals surface area contributed by atoms with E-state index in [1.54, 1.807) is 18.9 Å². The maximum atomic E-state index is 5.65. The molecule has 0 bridgehead atoms. The number of methoxy groups -OCH3 is 1. The standard InChI is InChI=1S/C14H19N3O2S/c1-3-13-15-14(17-16-13)20-10-4-9-19-12-7-5-11(18-2)6-8-12/h5-8H,3-4,9-10H2,1-2H3,(H,15,16,17). The van der Waals surface area contributed by atoms with Gasteiger partial charge in [-0.25, -0.2) is 4.98 Å². The van der Waals surface area contributed by atoms with Crippen molar-refractivity contribution >= 4 is 11.8 Å². The van der Waals surface area contributed by atoms with E-state index < -0.39 is 0 Å². The minimum atomic E-state index is 0.685. The molecule has 2 aromatic rings. The second-order valence-corrected chi connectivity index (χ2v) is 5.21. The summed E-state index contributed by atoms with van der Waals surface area (Å²) in [5.41, 5.74) is 0. The predicted octanol–water partition coefficient (Wildman–Crippen LogP) is 2.94. The molecule has 0 radical (unpaired) electrons. The highest BCUT2D eigenvalue weighted by Gasteiger charge is 2.02. The van der Waals surface area contributed by atoms with Crippen molar-refractivity contribution in [2.24, 2.45) is 0 Å². The van der Waals surface area contributed by atoms with Crippen LogP contribution in [0.15, 0.2) is 29.4 Å². The van der Waals surface area contributed by atoms with Crippen molar-refractivity contribution in [1.29, 1.82) is 0 Å². The van der Waals surface area contributed by atoms with Crippen LogP contribution in [0.1, 0.15) is 19.2 Å². The van der Waals surface area contributed by atoms with Gasteiger partial charge in [0.15, 0.2) is 0 Å². The Morgan fingerprint density at radius 1 is 1.20 bits per heavy atom. The summed E-state index contributed by atoms with van der Waals surface area (Å²) in [4.78, 5) is 4.35. The quantitative estimate of drug-likeness (QED) is 0.599. The Hall–Kier alpha value is -1.69. The maximum Gasteiger partial charge on any atom is 0.208 e. The molecule has 0 unspecified atom stereocenters. The van der Waals surface area contributed by atoms with E-state index in [0.29, 0.717) is 6.61 Å². The van der Waals surface area contributed by atoms with Crippen molar-refractivity contribution < 1.29 is 9.47 Å². The number of aromatic amines is 1. The predicted molar refractivity (Wildman–Crippen MR) is 79.6 cm³/mol. The number of aromatic nitrogens is 3. The Morgan fingerprint density at radius 3 is 2.60 bits per heavy atom. The van der Waals surface area contributed by atoms with Gasteiger partial charge in [-0.05, 0) is 30.7 Å². The van der Waals surface area contributed by atoms with Crippen LogP contribution in [0.25, 0.3) is 0 Å². The highest BCUT2D eigenvalue weighted by atomic mass is 32.2. The number of H-pyrrole nitrogens is 1. The lowest BCUT2D eigenvalue weighted by molar-refractivity contribution is 0.318. The van der Waals surface area contributed by atoms with Crippen LogP contribution in [0.5, 0.6) is 11.5 Å². The minimum Gasteiger partial charge on any atom is -0.497 e. The van der Waals surface area contributed by atoms with Crippen LogP contribution in [0.4, 0.5) is 0 Å². The molecule has 0 aliphatic heterocycles. The molecule has 20 heavy (non-hydrogen) atoms. The van der Waals surface area contributed by atoms with Crippen LogP contribution in [-0.4, -0.2) is 34.7 Å². The summed E-state index contributed by atoms with van der Waals surface area (Å²) in [6.07, 6.45) is 1.83. The van der Waals surface area contributed by atoms with Crippen LogP contribution < -0.4 is 9.47 Å². The molecule has 1 N–H and O–H groups in total. The van der Waals surface area contributed by atoms with E-state index in [4.69, 9.17) is 9.47 Å². The Balaban J connectivity index is 1.63. The molecule has 6 heteroatoms. The Bertz CT molecular complexity index is 513. The lowest BCUT2D eigenvalue weighted by Gasteiger charge is -2.06.